The number of amides is 1. The van der Waals surface area contributed by atoms with Crippen LogP contribution in [0.4, 0.5) is 0 Å². The summed E-state index contributed by atoms with van der Waals surface area (Å²) in [7, 11) is -1.13. The maximum atomic E-state index is 12.4. The van der Waals surface area contributed by atoms with Crippen molar-refractivity contribution in [3.05, 3.63) is 0 Å². The predicted molar refractivity (Wildman–Crippen MR) is 72.0 cm³/mol. The molecule has 0 saturated carbocycles. The standard InChI is InChI=1S/C11H21N3O5S/c1-4-9-11(16)12-6-8-14(9)20(17,18)13(2)7-5-10(15)19-3/h9H,4-8H2,1-3H3,(H,12,16). The van der Waals surface area contributed by atoms with Gasteiger partial charge in [-0.05, 0) is 6.42 Å². The third-order valence-electron chi connectivity index (χ3n) is 3.22. The van der Waals surface area contributed by atoms with E-state index in [0.29, 0.717) is 13.0 Å². The maximum Gasteiger partial charge on any atom is 0.306 e. The molecule has 1 unspecified atom stereocenters. The Labute approximate surface area is 119 Å². The number of rotatable bonds is 6. The Morgan fingerprint density at radius 3 is 2.75 bits per heavy atom. The first-order valence-corrected chi connectivity index (χ1v) is 7.82. The number of hydrogen-bond donors (Lipinski definition) is 1. The van der Waals surface area contributed by atoms with Crippen LogP contribution >= 0.6 is 0 Å². The number of carbonyl (C=O) groups excluding carboxylic acids is 2. The molecule has 0 aromatic heterocycles. The molecule has 0 aliphatic carbocycles. The van der Waals surface area contributed by atoms with Crippen LogP contribution in [0.5, 0.6) is 0 Å². The summed E-state index contributed by atoms with van der Waals surface area (Å²) in [5.74, 6) is -0.765. The topological polar surface area (TPSA) is 96.0 Å². The summed E-state index contributed by atoms with van der Waals surface area (Å²) in [6, 6.07) is -0.700. The molecule has 1 heterocycles. The van der Waals surface area contributed by atoms with Crippen molar-refractivity contribution >= 4 is 22.1 Å². The van der Waals surface area contributed by atoms with Gasteiger partial charge in [-0.2, -0.15) is 17.0 Å². The summed E-state index contributed by atoms with van der Waals surface area (Å²) in [6.45, 7) is 2.30. The Morgan fingerprint density at radius 2 is 2.20 bits per heavy atom. The molecule has 0 spiro atoms. The number of nitrogens with one attached hydrogen (secondary N) is 1. The van der Waals surface area contributed by atoms with E-state index in [2.05, 4.69) is 10.1 Å². The van der Waals surface area contributed by atoms with E-state index in [4.69, 9.17) is 0 Å². The van der Waals surface area contributed by atoms with Crippen LogP contribution < -0.4 is 5.32 Å². The van der Waals surface area contributed by atoms with E-state index < -0.39 is 22.2 Å². The molecule has 1 amide bonds. The molecule has 0 radical (unpaired) electrons. The summed E-state index contributed by atoms with van der Waals surface area (Å²) >= 11 is 0. The summed E-state index contributed by atoms with van der Waals surface area (Å²) in [5.41, 5.74) is 0. The second kappa shape index (κ2) is 7.00. The van der Waals surface area contributed by atoms with Gasteiger partial charge in [0.05, 0.1) is 13.5 Å². The van der Waals surface area contributed by atoms with E-state index in [1.54, 1.807) is 6.92 Å². The minimum Gasteiger partial charge on any atom is -0.469 e. The molecular formula is C11H21N3O5S. The van der Waals surface area contributed by atoms with E-state index in [1.165, 1.54) is 18.5 Å². The molecule has 116 valence electrons. The van der Waals surface area contributed by atoms with Gasteiger partial charge in [0.1, 0.15) is 6.04 Å². The van der Waals surface area contributed by atoms with Crippen molar-refractivity contribution in [1.82, 2.24) is 13.9 Å². The summed E-state index contributed by atoms with van der Waals surface area (Å²) in [6.07, 6.45) is 0.374. The highest BCUT2D eigenvalue weighted by atomic mass is 32.2. The minimum atomic E-state index is -3.76. The first-order valence-electron chi connectivity index (χ1n) is 6.42. The van der Waals surface area contributed by atoms with Gasteiger partial charge < -0.3 is 10.1 Å². The molecular weight excluding hydrogens is 286 g/mol. The van der Waals surface area contributed by atoms with Gasteiger partial charge in [0.15, 0.2) is 0 Å². The van der Waals surface area contributed by atoms with Gasteiger partial charge in [-0.25, -0.2) is 0 Å². The lowest BCUT2D eigenvalue weighted by Crippen LogP contribution is -2.59. The normalized spacial score (nSPS) is 20.8. The van der Waals surface area contributed by atoms with Crippen molar-refractivity contribution in [1.29, 1.82) is 0 Å². The molecule has 1 rings (SSSR count). The van der Waals surface area contributed by atoms with Crippen LogP contribution in [0.25, 0.3) is 0 Å². The van der Waals surface area contributed by atoms with Crippen molar-refractivity contribution in [3.8, 4) is 0 Å². The smallest absolute Gasteiger partial charge is 0.306 e. The number of esters is 1. The Balaban J connectivity index is 2.80. The molecule has 8 nitrogen and oxygen atoms in total. The first-order chi connectivity index (χ1) is 9.34. The maximum absolute atomic E-state index is 12.4. The Bertz CT molecular complexity index is 465. The van der Waals surface area contributed by atoms with Crippen molar-refractivity contribution in [3.63, 3.8) is 0 Å². The van der Waals surface area contributed by atoms with E-state index in [-0.39, 0.29) is 25.4 Å². The van der Waals surface area contributed by atoms with Crippen LogP contribution in [0, 0.1) is 0 Å². The highest BCUT2D eigenvalue weighted by molar-refractivity contribution is 7.86. The van der Waals surface area contributed by atoms with Gasteiger partial charge in [0.2, 0.25) is 5.91 Å². The van der Waals surface area contributed by atoms with Gasteiger partial charge in [0, 0.05) is 26.7 Å². The molecule has 20 heavy (non-hydrogen) atoms. The lowest BCUT2D eigenvalue weighted by atomic mass is 10.2. The number of nitrogens with zero attached hydrogens (tertiary/aromatic N) is 2. The molecule has 1 N–H and O–H groups in total. The SMILES string of the molecule is CCC1C(=O)NCCN1S(=O)(=O)N(C)CCC(=O)OC. The molecule has 1 aliphatic heterocycles. The van der Waals surface area contributed by atoms with Crippen molar-refractivity contribution in [2.24, 2.45) is 0 Å². The third-order valence-corrected chi connectivity index (χ3v) is 5.22. The van der Waals surface area contributed by atoms with Gasteiger partial charge in [0.25, 0.3) is 10.2 Å². The fourth-order valence-electron chi connectivity index (χ4n) is 2.00. The Hall–Kier alpha value is -1.19. The average Bonchev–Trinajstić information content (AvgIpc) is 2.43. The molecule has 0 aromatic rings. The van der Waals surface area contributed by atoms with Crippen LogP contribution in [-0.2, 0) is 24.5 Å². The number of carbonyl (C=O) groups is 2. The van der Waals surface area contributed by atoms with Crippen molar-refractivity contribution in [2.45, 2.75) is 25.8 Å². The minimum absolute atomic E-state index is 0.0174. The zero-order valence-electron chi connectivity index (χ0n) is 12.0. The van der Waals surface area contributed by atoms with Crippen molar-refractivity contribution < 1.29 is 22.7 Å². The lowest BCUT2D eigenvalue weighted by Gasteiger charge is -2.35. The highest BCUT2D eigenvalue weighted by Crippen LogP contribution is 2.16. The van der Waals surface area contributed by atoms with Gasteiger partial charge >= 0.3 is 5.97 Å². The average molecular weight is 307 g/mol. The zero-order valence-corrected chi connectivity index (χ0v) is 12.8. The van der Waals surface area contributed by atoms with E-state index in [9.17, 15) is 18.0 Å². The monoisotopic (exact) mass is 307 g/mol. The number of methoxy groups -OCH3 is 1. The predicted octanol–water partition coefficient (Wildman–Crippen LogP) is -1.06. The summed E-state index contributed by atoms with van der Waals surface area (Å²) in [5, 5.41) is 2.65. The van der Waals surface area contributed by atoms with Crippen LogP contribution in [0.2, 0.25) is 0 Å². The Kier molecular flexibility index (Phi) is 5.90. The van der Waals surface area contributed by atoms with E-state index >= 15 is 0 Å². The highest BCUT2D eigenvalue weighted by Gasteiger charge is 2.38. The molecule has 1 atom stereocenters. The fraction of sp³-hybridized carbons (Fsp3) is 0.818. The molecule has 9 heteroatoms. The number of piperazine rings is 1. The second-order valence-corrected chi connectivity index (χ2v) is 6.47. The fourth-order valence-corrected chi connectivity index (χ4v) is 3.57. The molecule has 1 fully saturated rings. The van der Waals surface area contributed by atoms with Crippen LogP contribution in [0.3, 0.4) is 0 Å². The second-order valence-electron chi connectivity index (χ2n) is 4.48. The largest absolute Gasteiger partial charge is 0.469 e. The summed E-state index contributed by atoms with van der Waals surface area (Å²) < 4.78 is 31.6. The van der Waals surface area contributed by atoms with Crippen LogP contribution in [0.15, 0.2) is 0 Å². The van der Waals surface area contributed by atoms with Crippen molar-refractivity contribution in [2.75, 3.05) is 33.8 Å². The summed E-state index contributed by atoms with van der Waals surface area (Å²) in [4.78, 5) is 22.8. The molecule has 0 aromatic carbocycles. The molecule has 1 aliphatic rings. The number of ether oxygens (including phenoxy) is 1. The molecule has 0 bridgehead atoms. The van der Waals surface area contributed by atoms with Crippen LogP contribution in [-0.4, -0.2) is 68.7 Å². The van der Waals surface area contributed by atoms with E-state index in [1.807, 2.05) is 0 Å². The third kappa shape index (κ3) is 3.68. The Morgan fingerprint density at radius 1 is 1.55 bits per heavy atom. The first kappa shape index (κ1) is 16.9. The van der Waals surface area contributed by atoms with Gasteiger partial charge in [-0.3, -0.25) is 9.59 Å². The lowest BCUT2D eigenvalue weighted by molar-refractivity contribution is -0.140. The van der Waals surface area contributed by atoms with Gasteiger partial charge in [-0.1, -0.05) is 6.92 Å². The number of hydrogen-bond acceptors (Lipinski definition) is 5. The van der Waals surface area contributed by atoms with E-state index in [0.717, 1.165) is 4.31 Å². The quantitative estimate of drug-likeness (QED) is 0.631. The van der Waals surface area contributed by atoms with Crippen LogP contribution in [0.1, 0.15) is 19.8 Å². The van der Waals surface area contributed by atoms with Gasteiger partial charge in [-0.15, -0.1) is 0 Å². The molecule has 1 saturated heterocycles. The zero-order chi connectivity index (χ0) is 15.3.